The third-order valence-corrected chi connectivity index (χ3v) is 5.46. The normalized spacial score (nSPS) is 15.7. The number of carbonyl (C=O) groups excluding carboxylic acids is 3. The SMILES string of the molecule is COC(=O)c1cccc(NC(=O)c2nc(C(=O)N3CCCC3)c3n2CCCC3)c1. The Morgan fingerprint density at radius 3 is 2.59 bits per heavy atom. The van der Waals surface area contributed by atoms with Crippen LogP contribution in [0.4, 0.5) is 5.69 Å². The number of imidazole rings is 1. The lowest BCUT2D eigenvalue weighted by Crippen LogP contribution is -2.29. The number of rotatable bonds is 4. The summed E-state index contributed by atoms with van der Waals surface area (Å²) in [7, 11) is 1.31. The number of hydrogen-bond donors (Lipinski definition) is 1. The predicted molar refractivity (Wildman–Crippen MR) is 106 cm³/mol. The number of aromatic nitrogens is 2. The van der Waals surface area contributed by atoms with Crippen LogP contribution in [0.15, 0.2) is 24.3 Å². The van der Waals surface area contributed by atoms with E-state index in [0.717, 1.165) is 50.9 Å². The lowest BCUT2D eigenvalue weighted by atomic mass is 10.1. The Hall–Kier alpha value is -3.16. The molecule has 0 unspecified atom stereocenters. The number of nitrogens with one attached hydrogen (secondary N) is 1. The van der Waals surface area contributed by atoms with E-state index in [9.17, 15) is 14.4 Å². The van der Waals surface area contributed by atoms with Gasteiger partial charge in [0.1, 0.15) is 5.69 Å². The summed E-state index contributed by atoms with van der Waals surface area (Å²) in [5.74, 6) is -0.709. The molecule has 1 fully saturated rings. The number of ether oxygens (including phenoxy) is 1. The fraction of sp³-hybridized carbons (Fsp3) is 0.429. The second-order valence-electron chi connectivity index (χ2n) is 7.37. The van der Waals surface area contributed by atoms with Crippen LogP contribution in [0, 0.1) is 0 Å². The van der Waals surface area contributed by atoms with E-state index >= 15 is 0 Å². The van der Waals surface area contributed by atoms with E-state index < -0.39 is 11.9 Å². The molecule has 1 N–H and O–H groups in total. The van der Waals surface area contributed by atoms with Crippen LogP contribution in [-0.2, 0) is 17.7 Å². The molecule has 1 aromatic carbocycles. The van der Waals surface area contributed by atoms with Crippen molar-refractivity contribution in [3.8, 4) is 0 Å². The predicted octanol–water partition coefficient (Wildman–Crippen LogP) is 2.49. The molecule has 29 heavy (non-hydrogen) atoms. The van der Waals surface area contributed by atoms with Gasteiger partial charge in [-0.15, -0.1) is 0 Å². The molecule has 0 saturated carbocycles. The smallest absolute Gasteiger partial charge is 0.337 e. The fourth-order valence-electron chi connectivity index (χ4n) is 3.99. The van der Waals surface area contributed by atoms with Crippen LogP contribution < -0.4 is 5.32 Å². The van der Waals surface area contributed by atoms with Crippen molar-refractivity contribution in [2.75, 3.05) is 25.5 Å². The first kappa shape index (κ1) is 19.2. The van der Waals surface area contributed by atoms with Gasteiger partial charge in [0, 0.05) is 25.3 Å². The highest BCUT2D eigenvalue weighted by Gasteiger charge is 2.30. The van der Waals surface area contributed by atoms with Crippen molar-refractivity contribution in [1.82, 2.24) is 14.5 Å². The van der Waals surface area contributed by atoms with Crippen molar-refractivity contribution < 1.29 is 19.1 Å². The average molecular weight is 396 g/mol. The van der Waals surface area contributed by atoms with Crippen LogP contribution in [0.5, 0.6) is 0 Å². The molecule has 1 saturated heterocycles. The number of likely N-dealkylation sites (tertiary alicyclic amines) is 1. The van der Waals surface area contributed by atoms with E-state index in [4.69, 9.17) is 4.74 Å². The Kier molecular flexibility index (Phi) is 5.33. The average Bonchev–Trinajstić information content (AvgIpc) is 3.41. The van der Waals surface area contributed by atoms with E-state index in [1.54, 1.807) is 24.3 Å². The van der Waals surface area contributed by atoms with Crippen molar-refractivity contribution in [1.29, 1.82) is 0 Å². The van der Waals surface area contributed by atoms with E-state index in [1.807, 2.05) is 9.47 Å². The fourth-order valence-corrected chi connectivity index (χ4v) is 3.99. The van der Waals surface area contributed by atoms with Gasteiger partial charge in [-0.3, -0.25) is 9.59 Å². The first-order valence-electron chi connectivity index (χ1n) is 9.97. The number of nitrogens with zero attached hydrogens (tertiary/aromatic N) is 3. The lowest BCUT2D eigenvalue weighted by molar-refractivity contribution is 0.0600. The van der Waals surface area contributed by atoms with Gasteiger partial charge in [0.25, 0.3) is 11.8 Å². The van der Waals surface area contributed by atoms with Crippen molar-refractivity contribution >= 4 is 23.5 Å². The summed E-state index contributed by atoms with van der Waals surface area (Å²) in [5.41, 5.74) is 2.07. The molecule has 0 aliphatic carbocycles. The third-order valence-electron chi connectivity index (χ3n) is 5.46. The molecule has 4 rings (SSSR count). The van der Waals surface area contributed by atoms with E-state index in [0.29, 0.717) is 23.5 Å². The van der Waals surface area contributed by atoms with Gasteiger partial charge in [0.05, 0.1) is 18.4 Å². The molecule has 0 spiro atoms. The first-order valence-corrected chi connectivity index (χ1v) is 9.97. The number of fused-ring (bicyclic) bond motifs is 1. The van der Waals surface area contributed by atoms with Crippen molar-refractivity contribution in [3.63, 3.8) is 0 Å². The Balaban J connectivity index is 1.62. The minimum absolute atomic E-state index is 0.0834. The van der Waals surface area contributed by atoms with Gasteiger partial charge in [0.2, 0.25) is 0 Å². The molecule has 2 aliphatic rings. The summed E-state index contributed by atoms with van der Waals surface area (Å²) < 4.78 is 6.59. The molecule has 0 bridgehead atoms. The molecule has 0 atom stereocenters. The summed E-state index contributed by atoms with van der Waals surface area (Å²) in [6.07, 6.45) is 4.68. The highest BCUT2D eigenvalue weighted by Crippen LogP contribution is 2.24. The van der Waals surface area contributed by atoms with Crippen LogP contribution in [0.2, 0.25) is 0 Å². The first-order chi connectivity index (χ1) is 14.1. The van der Waals surface area contributed by atoms with Crippen LogP contribution >= 0.6 is 0 Å². The molecule has 152 valence electrons. The third kappa shape index (κ3) is 3.74. The molecule has 1 aromatic heterocycles. The Labute approximate surface area is 168 Å². The summed E-state index contributed by atoms with van der Waals surface area (Å²) in [5, 5.41) is 2.79. The number of esters is 1. The second kappa shape index (κ2) is 8.06. The summed E-state index contributed by atoms with van der Waals surface area (Å²) in [4.78, 5) is 43.9. The van der Waals surface area contributed by atoms with E-state index in [-0.39, 0.29) is 11.7 Å². The molecule has 2 aromatic rings. The zero-order chi connectivity index (χ0) is 20.4. The van der Waals surface area contributed by atoms with Gasteiger partial charge >= 0.3 is 5.97 Å². The van der Waals surface area contributed by atoms with Gasteiger partial charge < -0.3 is 19.5 Å². The topological polar surface area (TPSA) is 93.5 Å². The minimum atomic E-state index is -0.474. The number of carbonyl (C=O) groups is 3. The van der Waals surface area contributed by atoms with Gasteiger partial charge in [-0.25, -0.2) is 9.78 Å². The largest absolute Gasteiger partial charge is 0.465 e. The molecule has 8 nitrogen and oxygen atoms in total. The highest BCUT2D eigenvalue weighted by molar-refractivity contribution is 6.04. The molecular weight excluding hydrogens is 372 g/mol. The van der Waals surface area contributed by atoms with Crippen LogP contribution in [0.3, 0.4) is 0 Å². The Morgan fingerprint density at radius 2 is 1.83 bits per heavy atom. The van der Waals surface area contributed by atoms with Crippen LogP contribution in [-0.4, -0.2) is 52.4 Å². The summed E-state index contributed by atoms with van der Waals surface area (Å²) >= 11 is 0. The number of benzene rings is 1. The summed E-state index contributed by atoms with van der Waals surface area (Å²) in [6.45, 7) is 2.15. The van der Waals surface area contributed by atoms with Crippen LogP contribution in [0.1, 0.15) is 62.8 Å². The quantitative estimate of drug-likeness (QED) is 0.802. The van der Waals surface area contributed by atoms with E-state index in [1.165, 1.54) is 7.11 Å². The number of anilines is 1. The molecule has 2 aliphatic heterocycles. The van der Waals surface area contributed by atoms with Crippen LogP contribution in [0.25, 0.3) is 0 Å². The zero-order valence-corrected chi connectivity index (χ0v) is 16.4. The number of methoxy groups -OCH3 is 1. The summed E-state index contributed by atoms with van der Waals surface area (Å²) in [6, 6.07) is 6.54. The van der Waals surface area contributed by atoms with Gasteiger partial charge in [-0.05, 0) is 50.3 Å². The van der Waals surface area contributed by atoms with Crippen molar-refractivity contribution in [3.05, 3.63) is 47.0 Å². The minimum Gasteiger partial charge on any atom is -0.465 e. The maximum atomic E-state index is 13.0. The van der Waals surface area contributed by atoms with E-state index in [2.05, 4.69) is 10.3 Å². The standard InChI is InChI=1S/C21H24N4O4/c1-29-21(28)14-7-6-8-15(13-14)22-19(26)18-23-17(16-9-2-3-12-25(16)18)20(27)24-10-4-5-11-24/h6-8,13H,2-5,9-12H2,1H3,(H,22,26). The molecule has 3 heterocycles. The molecule has 0 radical (unpaired) electrons. The van der Waals surface area contributed by atoms with Crippen molar-refractivity contribution in [2.24, 2.45) is 0 Å². The number of amides is 2. The Bertz CT molecular complexity index is 960. The monoisotopic (exact) mass is 396 g/mol. The number of hydrogen-bond acceptors (Lipinski definition) is 5. The Morgan fingerprint density at radius 1 is 1.07 bits per heavy atom. The molecular formula is C21H24N4O4. The second-order valence-corrected chi connectivity index (χ2v) is 7.37. The maximum Gasteiger partial charge on any atom is 0.337 e. The maximum absolute atomic E-state index is 13.0. The highest BCUT2D eigenvalue weighted by atomic mass is 16.5. The zero-order valence-electron chi connectivity index (χ0n) is 16.4. The van der Waals surface area contributed by atoms with Gasteiger partial charge in [0.15, 0.2) is 5.82 Å². The van der Waals surface area contributed by atoms with Gasteiger partial charge in [-0.2, -0.15) is 0 Å². The van der Waals surface area contributed by atoms with Gasteiger partial charge in [-0.1, -0.05) is 6.07 Å². The van der Waals surface area contributed by atoms with Crippen molar-refractivity contribution in [2.45, 2.75) is 38.6 Å². The lowest BCUT2D eigenvalue weighted by Gasteiger charge is -2.18. The molecule has 8 heteroatoms. The molecule has 2 amide bonds.